The molecule has 0 radical (unpaired) electrons. The Morgan fingerprint density at radius 2 is 0.917 bits per heavy atom. The van der Waals surface area contributed by atoms with Gasteiger partial charge in [0.05, 0.1) is 0 Å². The molecular formula is C57H60Cl2Zr. The SMILES string of the molecule is CCC1C=C(C(C)(C)C)C=[C]1[Zr+2](=[C](c1ccc(C)cc1)c1ccc(C)cc1)[CH]1c2cc(-c3c(C)cc(C)cc3C)ccc2-c2ccc(-c3c(C)cc(C)cc3C)cc21.[Cl-].[Cl-]. The van der Waals surface area contributed by atoms with Crippen molar-refractivity contribution in [2.75, 3.05) is 0 Å². The molecule has 1 atom stereocenters. The minimum atomic E-state index is -3.10. The average molecular weight is 907 g/mol. The van der Waals surface area contributed by atoms with Crippen molar-refractivity contribution in [1.29, 1.82) is 0 Å². The van der Waals surface area contributed by atoms with Crippen LogP contribution in [0, 0.1) is 66.7 Å². The van der Waals surface area contributed by atoms with E-state index in [1.807, 2.05) is 0 Å². The Hall–Kier alpha value is -3.87. The monoisotopic (exact) mass is 904 g/mol. The van der Waals surface area contributed by atoms with Gasteiger partial charge in [0.25, 0.3) is 0 Å². The van der Waals surface area contributed by atoms with E-state index in [-0.39, 0.29) is 33.9 Å². The summed E-state index contributed by atoms with van der Waals surface area (Å²) in [5.74, 6) is 0.427. The van der Waals surface area contributed by atoms with E-state index in [9.17, 15) is 0 Å². The summed E-state index contributed by atoms with van der Waals surface area (Å²) in [5, 5.41) is 0. The molecule has 0 saturated heterocycles. The van der Waals surface area contributed by atoms with Crippen LogP contribution in [0.1, 0.15) is 105 Å². The summed E-state index contributed by atoms with van der Waals surface area (Å²) < 4.78 is 3.63. The maximum Gasteiger partial charge on any atom is -1.00 e. The average Bonchev–Trinajstić information content (AvgIpc) is 3.74. The first-order chi connectivity index (χ1) is 27.6. The van der Waals surface area contributed by atoms with Crippen LogP contribution in [0.5, 0.6) is 0 Å². The molecule has 1 unspecified atom stereocenters. The third kappa shape index (κ3) is 8.49. The summed E-state index contributed by atoms with van der Waals surface area (Å²) in [5.41, 5.74) is 26.3. The van der Waals surface area contributed by atoms with E-state index in [0.29, 0.717) is 5.92 Å². The predicted molar refractivity (Wildman–Crippen MR) is 248 cm³/mol. The Kier molecular flexibility index (Phi) is 13.6. The zero-order valence-electron chi connectivity index (χ0n) is 37.7. The molecule has 0 fully saturated rings. The van der Waals surface area contributed by atoms with Crippen LogP contribution in [-0.2, 0) is 21.3 Å². The maximum atomic E-state index is 2.71. The van der Waals surface area contributed by atoms with E-state index in [1.165, 1.54) is 106 Å². The summed E-state index contributed by atoms with van der Waals surface area (Å²) in [6, 6.07) is 43.5. The molecule has 2 aliphatic rings. The van der Waals surface area contributed by atoms with Crippen LogP contribution in [0.15, 0.2) is 130 Å². The van der Waals surface area contributed by atoms with Gasteiger partial charge < -0.3 is 24.8 Å². The number of benzene rings is 6. The number of rotatable bonds is 7. The van der Waals surface area contributed by atoms with Crippen molar-refractivity contribution in [3.05, 3.63) is 197 Å². The van der Waals surface area contributed by atoms with Gasteiger partial charge in [0, 0.05) is 0 Å². The van der Waals surface area contributed by atoms with Crippen molar-refractivity contribution >= 4 is 3.21 Å². The van der Waals surface area contributed by atoms with Crippen molar-refractivity contribution in [3.63, 3.8) is 0 Å². The Labute approximate surface area is 381 Å². The van der Waals surface area contributed by atoms with Gasteiger partial charge in [-0.15, -0.1) is 0 Å². The number of aryl methyl sites for hydroxylation is 8. The number of halogens is 2. The minimum absolute atomic E-state index is 0. The second kappa shape index (κ2) is 17.9. The van der Waals surface area contributed by atoms with Crippen LogP contribution >= 0.6 is 0 Å². The molecule has 6 aromatic rings. The van der Waals surface area contributed by atoms with Gasteiger partial charge in [0.1, 0.15) is 0 Å². The van der Waals surface area contributed by atoms with Gasteiger partial charge in [0.15, 0.2) is 0 Å². The Balaban J connectivity index is 0.00000302. The quantitative estimate of drug-likeness (QED) is 0.150. The molecule has 8 rings (SSSR count). The molecule has 6 aromatic carbocycles. The normalized spacial score (nSPS) is 14.3. The van der Waals surface area contributed by atoms with Crippen LogP contribution in [0.2, 0.25) is 0 Å². The first kappa shape index (κ1) is 45.7. The fourth-order valence-corrected chi connectivity index (χ4v) is 20.0. The molecule has 0 N–H and O–H groups in total. The summed E-state index contributed by atoms with van der Waals surface area (Å²) in [7, 11) is 0. The fourth-order valence-electron chi connectivity index (χ4n) is 10.2. The molecule has 0 spiro atoms. The number of allylic oxidation sites excluding steroid dienone is 4. The first-order valence-corrected chi connectivity index (χ1v) is 25.3. The van der Waals surface area contributed by atoms with Crippen LogP contribution in [0.4, 0.5) is 0 Å². The molecule has 0 bridgehead atoms. The molecule has 0 amide bonds. The van der Waals surface area contributed by atoms with Gasteiger partial charge in [-0.25, -0.2) is 0 Å². The molecule has 60 heavy (non-hydrogen) atoms. The summed E-state index contributed by atoms with van der Waals surface area (Å²) in [6.07, 6.45) is 6.47. The molecule has 0 aliphatic heterocycles. The number of hydrogen-bond donors (Lipinski definition) is 0. The van der Waals surface area contributed by atoms with Crippen molar-refractivity contribution in [1.82, 2.24) is 0 Å². The number of fused-ring (bicyclic) bond motifs is 3. The van der Waals surface area contributed by atoms with Crippen LogP contribution in [0.3, 0.4) is 0 Å². The van der Waals surface area contributed by atoms with Gasteiger partial charge in [-0.1, -0.05) is 0 Å². The molecule has 3 heteroatoms. The van der Waals surface area contributed by atoms with Crippen LogP contribution in [0.25, 0.3) is 33.4 Å². The van der Waals surface area contributed by atoms with Gasteiger partial charge in [0.2, 0.25) is 0 Å². The van der Waals surface area contributed by atoms with Gasteiger partial charge in [-0.05, 0) is 0 Å². The van der Waals surface area contributed by atoms with E-state index in [4.69, 9.17) is 0 Å². The molecule has 2 aliphatic carbocycles. The number of hydrogen-bond acceptors (Lipinski definition) is 0. The van der Waals surface area contributed by atoms with Crippen molar-refractivity contribution in [3.8, 4) is 33.4 Å². The molecule has 0 heterocycles. The van der Waals surface area contributed by atoms with E-state index in [2.05, 4.69) is 204 Å². The predicted octanol–water partition coefficient (Wildman–Crippen LogP) is 9.35. The van der Waals surface area contributed by atoms with Crippen molar-refractivity contribution < 1.29 is 46.1 Å². The van der Waals surface area contributed by atoms with E-state index in [1.54, 1.807) is 6.49 Å². The van der Waals surface area contributed by atoms with Gasteiger partial charge >= 0.3 is 359 Å². The second-order valence-corrected chi connectivity index (χ2v) is 24.7. The summed E-state index contributed by atoms with van der Waals surface area (Å²) in [6.45, 7) is 27.7. The Morgan fingerprint density at radius 1 is 0.517 bits per heavy atom. The largest absolute Gasteiger partial charge is 1.00 e. The Bertz CT molecular complexity index is 2500. The van der Waals surface area contributed by atoms with Crippen LogP contribution < -0.4 is 24.8 Å². The van der Waals surface area contributed by atoms with Crippen LogP contribution in [-0.4, -0.2) is 3.21 Å². The fraction of sp³-hybridized carbons (Fsp3) is 0.281. The van der Waals surface area contributed by atoms with Gasteiger partial charge in [-0.3, -0.25) is 0 Å². The van der Waals surface area contributed by atoms with E-state index in [0.717, 1.165) is 6.42 Å². The first-order valence-electron chi connectivity index (χ1n) is 21.4. The smallest absolute Gasteiger partial charge is 1.00 e. The van der Waals surface area contributed by atoms with E-state index < -0.39 is 21.3 Å². The standard InChI is InChI=1S/C31H29.C15H14.C11H17.2ClH.Zr/c1-18-11-20(3)30(21(4)12-18)24-7-9-28-26(15-24)17-27-16-25(8-10-29(27)28)31-22(5)13-19(2)14-23(31)6;1-12-3-7-14(8-4-12)11-15-9-5-13(2)6-10-15;1-5-9-6-7-10(8-9)11(2,3)4;;;/h7-17H,1-6H3;3-10H,1-2H3;7-9H,5H2,1-4H3;2*1H;/q;;;;;+2/p-2. The molecule has 0 aromatic heterocycles. The zero-order valence-corrected chi connectivity index (χ0v) is 41.6. The summed E-state index contributed by atoms with van der Waals surface area (Å²) >= 11 is -3.10. The third-order valence-electron chi connectivity index (χ3n) is 12.9. The maximum absolute atomic E-state index is 3.10. The second-order valence-electron chi connectivity index (χ2n) is 18.6. The van der Waals surface area contributed by atoms with E-state index >= 15 is 0 Å². The topological polar surface area (TPSA) is 0 Å². The van der Waals surface area contributed by atoms with Gasteiger partial charge in [-0.2, -0.15) is 0 Å². The Morgan fingerprint density at radius 3 is 1.28 bits per heavy atom. The zero-order chi connectivity index (χ0) is 41.2. The minimum Gasteiger partial charge on any atom is -1.00 e. The van der Waals surface area contributed by atoms with Crippen molar-refractivity contribution in [2.45, 2.75) is 93.1 Å². The van der Waals surface area contributed by atoms with Crippen molar-refractivity contribution in [2.24, 2.45) is 11.3 Å². The molecule has 306 valence electrons. The third-order valence-corrected chi connectivity index (χ3v) is 21.4. The summed E-state index contributed by atoms with van der Waals surface area (Å²) in [4.78, 5) is 0. The molecular weight excluding hydrogens is 847 g/mol. The molecule has 0 saturated carbocycles. The molecule has 0 nitrogen and oxygen atoms in total.